The second kappa shape index (κ2) is 9.76. The highest BCUT2D eigenvalue weighted by Gasteiger charge is 2.24. The van der Waals surface area contributed by atoms with E-state index in [4.69, 9.17) is 0 Å². The SMILES string of the molecule is Cc1ccc(N=C2NC(=O)/C(=C/c3cnc(NCCCN4CCCC4)s3)S2)c(C)c1. The van der Waals surface area contributed by atoms with Crippen LogP contribution in [0.4, 0.5) is 10.8 Å². The lowest BCUT2D eigenvalue weighted by Gasteiger charge is -2.13. The van der Waals surface area contributed by atoms with E-state index in [-0.39, 0.29) is 5.91 Å². The Balaban J connectivity index is 1.33. The van der Waals surface area contributed by atoms with Gasteiger partial charge in [0.1, 0.15) is 0 Å². The number of hydrogen-bond acceptors (Lipinski definition) is 7. The fraction of sp³-hybridized carbons (Fsp3) is 0.409. The molecule has 0 atom stereocenters. The van der Waals surface area contributed by atoms with E-state index in [1.54, 1.807) is 11.3 Å². The molecule has 1 amide bonds. The van der Waals surface area contributed by atoms with Gasteiger partial charge in [-0.15, -0.1) is 0 Å². The third kappa shape index (κ3) is 5.50. The highest BCUT2D eigenvalue weighted by Crippen LogP contribution is 2.31. The molecule has 30 heavy (non-hydrogen) atoms. The highest BCUT2D eigenvalue weighted by atomic mass is 32.2. The van der Waals surface area contributed by atoms with Gasteiger partial charge in [-0.05, 0) is 82.2 Å². The van der Waals surface area contributed by atoms with Gasteiger partial charge in [0.25, 0.3) is 5.91 Å². The molecule has 0 radical (unpaired) electrons. The molecule has 2 aromatic rings. The fourth-order valence-corrected chi connectivity index (χ4v) is 5.27. The van der Waals surface area contributed by atoms with E-state index >= 15 is 0 Å². The number of hydrogen-bond donors (Lipinski definition) is 2. The van der Waals surface area contributed by atoms with Crippen LogP contribution < -0.4 is 10.6 Å². The number of anilines is 1. The van der Waals surface area contributed by atoms with Crippen LogP contribution in [0.2, 0.25) is 0 Å². The molecule has 0 aliphatic carbocycles. The van der Waals surface area contributed by atoms with Gasteiger partial charge >= 0.3 is 0 Å². The summed E-state index contributed by atoms with van der Waals surface area (Å²) in [6, 6.07) is 6.10. The molecule has 4 rings (SSSR count). The van der Waals surface area contributed by atoms with E-state index in [0.717, 1.165) is 40.8 Å². The zero-order valence-electron chi connectivity index (χ0n) is 17.4. The number of carbonyl (C=O) groups is 1. The molecule has 6 nitrogen and oxygen atoms in total. The second-order valence-electron chi connectivity index (χ2n) is 7.67. The number of rotatable bonds is 7. The van der Waals surface area contributed by atoms with Crippen molar-refractivity contribution in [2.45, 2.75) is 33.1 Å². The first kappa shape index (κ1) is 21.1. The number of nitrogens with one attached hydrogen (secondary N) is 2. The molecule has 2 fully saturated rings. The maximum absolute atomic E-state index is 12.3. The predicted molar refractivity (Wildman–Crippen MR) is 128 cm³/mol. The molecule has 0 spiro atoms. The molecule has 0 saturated carbocycles. The Morgan fingerprint density at radius 3 is 2.93 bits per heavy atom. The first-order valence-electron chi connectivity index (χ1n) is 10.4. The van der Waals surface area contributed by atoms with Gasteiger partial charge in [-0.25, -0.2) is 9.98 Å². The number of aromatic nitrogens is 1. The minimum Gasteiger partial charge on any atom is -0.361 e. The summed E-state index contributed by atoms with van der Waals surface area (Å²) in [7, 11) is 0. The third-order valence-corrected chi connectivity index (χ3v) is 6.96. The number of aliphatic imine (C=N–C) groups is 1. The van der Waals surface area contributed by atoms with Crippen LogP contribution >= 0.6 is 23.1 Å². The number of carbonyl (C=O) groups excluding carboxylic acids is 1. The first-order valence-corrected chi connectivity index (χ1v) is 12.0. The minimum atomic E-state index is -0.114. The summed E-state index contributed by atoms with van der Waals surface area (Å²) < 4.78 is 0. The Labute approximate surface area is 185 Å². The molecule has 8 heteroatoms. The minimum absolute atomic E-state index is 0.114. The van der Waals surface area contributed by atoms with Crippen LogP contribution in [0.5, 0.6) is 0 Å². The Morgan fingerprint density at radius 1 is 1.30 bits per heavy atom. The predicted octanol–water partition coefficient (Wildman–Crippen LogP) is 4.55. The molecule has 2 aliphatic rings. The number of aryl methyl sites for hydroxylation is 2. The number of benzene rings is 1. The van der Waals surface area contributed by atoms with Crippen molar-refractivity contribution < 1.29 is 4.79 Å². The Kier molecular flexibility index (Phi) is 6.86. The van der Waals surface area contributed by atoms with Gasteiger partial charge in [0.05, 0.1) is 15.5 Å². The van der Waals surface area contributed by atoms with Crippen molar-refractivity contribution in [1.29, 1.82) is 0 Å². The quantitative estimate of drug-likeness (QED) is 0.487. The van der Waals surface area contributed by atoms with Crippen LogP contribution in [-0.2, 0) is 4.79 Å². The molecule has 1 aromatic heterocycles. The van der Waals surface area contributed by atoms with Crippen LogP contribution in [-0.4, -0.2) is 47.1 Å². The van der Waals surface area contributed by atoms with Gasteiger partial charge in [0.15, 0.2) is 10.3 Å². The topological polar surface area (TPSA) is 69.6 Å². The zero-order chi connectivity index (χ0) is 20.9. The Bertz CT molecular complexity index is 976. The molecule has 0 bridgehead atoms. The maximum Gasteiger partial charge on any atom is 0.264 e. The number of thioether (sulfide) groups is 1. The van der Waals surface area contributed by atoms with E-state index in [1.165, 1.54) is 43.3 Å². The lowest BCUT2D eigenvalue weighted by atomic mass is 10.1. The molecule has 2 aliphatic heterocycles. The highest BCUT2D eigenvalue weighted by molar-refractivity contribution is 8.18. The standard InChI is InChI=1S/C22H27N5OS2/c1-15-6-7-18(16(2)12-15)25-22-26-20(28)19(30-22)13-17-14-24-21(29-17)23-8-5-11-27-9-3-4-10-27/h6-7,12-14H,3-5,8-11H2,1-2H3,(H,23,24)(H,25,26,28)/b19-13-. The number of amides is 1. The third-order valence-electron chi connectivity index (χ3n) is 5.15. The summed E-state index contributed by atoms with van der Waals surface area (Å²) in [5.41, 5.74) is 3.17. The van der Waals surface area contributed by atoms with Crippen LogP contribution in [0.25, 0.3) is 6.08 Å². The van der Waals surface area contributed by atoms with Crippen molar-refractivity contribution in [3.8, 4) is 0 Å². The number of amidine groups is 1. The van der Waals surface area contributed by atoms with Gasteiger partial charge < -0.3 is 15.5 Å². The van der Waals surface area contributed by atoms with E-state index < -0.39 is 0 Å². The van der Waals surface area contributed by atoms with E-state index in [2.05, 4.69) is 38.5 Å². The number of thiazole rings is 1. The second-order valence-corrected chi connectivity index (χ2v) is 9.76. The number of likely N-dealkylation sites (tertiary alicyclic amines) is 1. The van der Waals surface area contributed by atoms with Crippen molar-refractivity contribution in [3.63, 3.8) is 0 Å². The molecular formula is C22H27N5OS2. The fourth-order valence-electron chi connectivity index (χ4n) is 3.59. The lowest BCUT2D eigenvalue weighted by Crippen LogP contribution is -2.22. The van der Waals surface area contributed by atoms with Crippen LogP contribution in [0, 0.1) is 13.8 Å². The van der Waals surface area contributed by atoms with Gasteiger partial charge in [-0.3, -0.25) is 4.79 Å². The van der Waals surface area contributed by atoms with Crippen LogP contribution in [0.1, 0.15) is 35.3 Å². The van der Waals surface area contributed by atoms with E-state index in [0.29, 0.717) is 10.1 Å². The van der Waals surface area contributed by atoms with Crippen molar-refractivity contribution in [1.82, 2.24) is 15.2 Å². The molecule has 0 unspecified atom stereocenters. The van der Waals surface area contributed by atoms with Gasteiger partial charge in [0.2, 0.25) is 0 Å². The smallest absolute Gasteiger partial charge is 0.264 e. The van der Waals surface area contributed by atoms with E-state index in [1.807, 2.05) is 31.3 Å². The van der Waals surface area contributed by atoms with Crippen LogP contribution in [0.15, 0.2) is 34.3 Å². The van der Waals surface area contributed by atoms with Crippen LogP contribution in [0.3, 0.4) is 0 Å². The summed E-state index contributed by atoms with van der Waals surface area (Å²) >= 11 is 2.94. The first-order chi connectivity index (χ1) is 14.6. The van der Waals surface area contributed by atoms with Gasteiger partial charge in [-0.1, -0.05) is 29.0 Å². The normalized spacial score (nSPS) is 19.7. The molecule has 3 heterocycles. The molecule has 2 N–H and O–H groups in total. The monoisotopic (exact) mass is 441 g/mol. The maximum atomic E-state index is 12.3. The average molecular weight is 442 g/mol. The summed E-state index contributed by atoms with van der Waals surface area (Å²) in [5, 5.41) is 7.77. The van der Waals surface area contributed by atoms with Crippen molar-refractivity contribution >= 4 is 51.1 Å². The summed E-state index contributed by atoms with van der Waals surface area (Å²) in [6.07, 6.45) is 7.48. The molecule has 158 valence electrons. The Hall–Kier alpha value is -2.16. The lowest BCUT2D eigenvalue weighted by molar-refractivity contribution is -0.115. The van der Waals surface area contributed by atoms with Crippen molar-refractivity contribution in [3.05, 3.63) is 45.3 Å². The Morgan fingerprint density at radius 2 is 2.13 bits per heavy atom. The van der Waals surface area contributed by atoms with Gasteiger partial charge in [-0.2, -0.15) is 0 Å². The largest absolute Gasteiger partial charge is 0.361 e. The summed E-state index contributed by atoms with van der Waals surface area (Å²) in [6.45, 7) is 8.63. The number of nitrogens with zero attached hydrogens (tertiary/aromatic N) is 3. The van der Waals surface area contributed by atoms with Crippen molar-refractivity contribution in [2.24, 2.45) is 4.99 Å². The zero-order valence-corrected chi connectivity index (χ0v) is 19.0. The average Bonchev–Trinajstić information content (AvgIpc) is 3.45. The summed E-state index contributed by atoms with van der Waals surface area (Å²) in [4.78, 5) is 25.5. The molecule has 1 aromatic carbocycles. The van der Waals surface area contributed by atoms with Gasteiger partial charge in [0, 0.05) is 12.7 Å². The van der Waals surface area contributed by atoms with Crippen molar-refractivity contribution in [2.75, 3.05) is 31.5 Å². The molecule has 2 saturated heterocycles. The summed E-state index contributed by atoms with van der Waals surface area (Å²) in [5.74, 6) is -0.114. The molecular weight excluding hydrogens is 414 g/mol. The van der Waals surface area contributed by atoms with E-state index in [9.17, 15) is 4.79 Å².